The minimum Gasteiger partial charge on any atom is -0.393 e. The Hall–Kier alpha value is -0.120. The molecule has 1 aliphatic carbocycles. The Bertz CT molecular complexity index is 208. The Labute approximate surface area is 105 Å². The predicted octanol–water partition coefficient (Wildman–Crippen LogP) is 2.04. The van der Waals surface area contributed by atoms with Gasteiger partial charge in [0.1, 0.15) is 0 Å². The molecule has 2 aliphatic rings. The van der Waals surface area contributed by atoms with Gasteiger partial charge in [-0.25, -0.2) is 0 Å². The maximum Gasteiger partial charge on any atom is 0.0541 e. The lowest BCUT2D eigenvalue weighted by atomic mass is 9.91. The fourth-order valence-electron chi connectivity index (χ4n) is 3.10. The van der Waals surface area contributed by atoms with Crippen LogP contribution in [0.1, 0.15) is 44.9 Å². The molecule has 3 heteroatoms. The Morgan fingerprint density at radius 2 is 1.71 bits per heavy atom. The average Bonchev–Trinajstić information content (AvgIpc) is 2.38. The molecule has 0 atom stereocenters. The Morgan fingerprint density at radius 1 is 1.06 bits per heavy atom. The molecular weight excluding hydrogens is 214 g/mol. The second-order valence-electron chi connectivity index (χ2n) is 5.79. The first-order valence-corrected chi connectivity index (χ1v) is 7.21. The monoisotopic (exact) mass is 241 g/mol. The van der Waals surface area contributed by atoms with E-state index in [4.69, 9.17) is 4.74 Å². The Morgan fingerprint density at radius 3 is 2.35 bits per heavy atom. The number of aliphatic hydroxyl groups excluding tert-OH is 1. The van der Waals surface area contributed by atoms with Crippen molar-refractivity contribution in [2.75, 3.05) is 26.8 Å². The van der Waals surface area contributed by atoms with Gasteiger partial charge in [0, 0.05) is 19.3 Å². The van der Waals surface area contributed by atoms with Crippen molar-refractivity contribution in [1.29, 1.82) is 0 Å². The molecule has 17 heavy (non-hydrogen) atoms. The molecule has 100 valence electrons. The normalized spacial score (nSPS) is 31.9. The van der Waals surface area contributed by atoms with Crippen molar-refractivity contribution in [2.24, 2.45) is 5.92 Å². The molecule has 0 bridgehead atoms. The van der Waals surface area contributed by atoms with Crippen LogP contribution in [0.3, 0.4) is 0 Å². The van der Waals surface area contributed by atoms with E-state index in [1.807, 2.05) is 0 Å². The van der Waals surface area contributed by atoms with E-state index in [0.717, 1.165) is 32.0 Å². The summed E-state index contributed by atoms with van der Waals surface area (Å²) in [7, 11) is 2.25. The molecule has 1 heterocycles. The van der Waals surface area contributed by atoms with Crippen LogP contribution in [-0.2, 0) is 4.74 Å². The van der Waals surface area contributed by atoms with Crippen molar-refractivity contribution in [3.8, 4) is 0 Å². The number of rotatable bonds is 4. The van der Waals surface area contributed by atoms with Gasteiger partial charge in [0.15, 0.2) is 0 Å². The highest BCUT2D eigenvalue weighted by Gasteiger charge is 2.23. The second kappa shape index (κ2) is 6.72. The summed E-state index contributed by atoms with van der Waals surface area (Å²) in [5.74, 6) is 0.875. The highest BCUT2D eigenvalue weighted by atomic mass is 16.5. The number of nitrogens with zero attached hydrogens (tertiary/aromatic N) is 1. The Balaban J connectivity index is 1.64. The topological polar surface area (TPSA) is 32.7 Å². The first-order valence-electron chi connectivity index (χ1n) is 7.21. The molecule has 2 fully saturated rings. The van der Waals surface area contributed by atoms with Crippen LogP contribution in [0.15, 0.2) is 0 Å². The summed E-state index contributed by atoms with van der Waals surface area (Å²) < 4.78 is 5.39. The van der Waals surface area contributed by atoms with E-state index >= 15 is 0 Å². The van der Waals surface area contributed by atoms with Gasteiger partial charge in [-0.2, -0.15) is 0 Å². The summed E-state index contributed by atoms with van der Waals surface area (Å²) in [5.41, 5.74) is 0. The molecule has 0 amide bonds. The smallest absolute Gasteiger partial charge is 0.0541 e. The van der Waals surface area contributed by atoms with Crippen molar-refractivity contribution in [3.63, 3.8) is 0 Å². The van der Waals surface area contributed by atoms with Crippen LogP contribution in [0.2, 0.25) is 0 Å². The van der Waals surface area contributed by atoms with Gasteiger partial charge in [-0.1, -0.05) is 0 Å². The quantitative estimate of drug-likeness (QED) is 0.817. The van der Waals surface area contributed by atoms with Gasteiger partial charge in [0.2, 0.25) is 0 Å². The molecule has 1 saturated heterocycles. The third kappa shape index (κ3) is 4.23. The maximum absolute atomic E-state index is 9.51. The van der Waals surface area contributed by atoms with E-state index in [-0.39, 0.29) is 6.10 Å². The molecule has 0 spiro atoms. The first kappa shape index (κ1) is 13.3. The van der Waals surface area contributed by atoms with Gasteiger partial charge in [-0.3, -0.25) is 0 Å². The van der Waals surface area contributed by atoms with Crippen molar-refractivity contribution in [2.45, 2.75) is 57.1 Å². The molecule has 0 aromatic rings. The van der Waals surface area contributed by atoms with Crippen LogP contribution in [-0.4, -0.2) is 49.0 Å². The van der Waals surface area contributed by atoms with Gasteiger partial charge in [0.25, 0.3) is 0 Å². The highest BCUT2D eigenvalue weighted by molar-refractivity contribution is 4.78. The molecule has 0 aromatic heterocycles. The highest BCUT2D eigenvalue weighted by Crippen LogP contribution is 2.24. The Kier molecular flexibility index (Phi) is 5.26. The van der Waals surface area contributed by atoms with Gasteiger partial charge >= 0.3 is 0 Å². The number of ether oxygens (including phenoxy) is 1. The van der Waals surface area contributed by atoms with Crippen LogP contribution in [0.5, 0.6) is 0 Å². The van der Waals surface area contributed by atoms with Crippen LogP contribution < -0.4 is 0 Å². The molecule has 0 aromatic carbocycles. The molecule has 2 rings (SSSR count). The zero-order valence-corrected chi connectivity index (χ0v) is 11.1. The number of aliphatic hydroxyl groups is 1. The minimum atomic E-state index is -0.0323. The van der Waals surface area contributed by atoms with Gasteiger partial charge in [-0.15, -0.1) is 0 Å². The zero-order chi connectivity index (χ0) is 12.1. The molecule has 0 unspecified atom stereocenters. The van der Waals surface area contributed by atoms with E-state index < -0.39 is 0 Å². The van der Waals surface area contributed by atoms with E-state index in [1.54, 1.807) is 0 Å². The maximum atomic E-state index is 9.51. The molecule has 1 aliphatic heterocycles. The number of hydrogen-bond donors (Lipinski definition) is 1. The molecule has 0 radical (unpaired) electrons. The lowest BCUT2D eigenvalue weighted by Gasteiger charge is -2.34. The first-order chi connectivity index (χ1) is 8.25. The lowest BCUT2D eigenvalue weighted by Crippen LogP contribution is -2.37. The third-order valence-electron chi connectivity index (χ3n) is 4.52. The summed E-state index contributed by atoms with van der Waals surface area (Å²) in [4.78, 5) is 2.52. The van der Waals surface area contributed by atoms with Gasteiger partial charge in [0.05, 0.1) is 6.10 Å². The van der Waals surface area contributed by atoms with E-state index in [2.05, 4.69) is 11.9 Å². The summed E-state index contributed by atoms with van der Waals surface area (Å²) in [6.07, 6.45) is 8.11. The second-order valence-corrected chi connectivity index (χ2v) is 5.79. The van der Waals surface area contributed by atoms with Crippen LogP contribution in [0, 0.1) is 5.92 Å². The molecular formula is C14H27NO2. The van der Waals surface area contributed by atoms with Crippen LogP contribution >= 0.6 is 0 Å². The average molecular weight is 241 g/mol. The summed E-state index contributed by atoms with van der Waals surface area (Å²) >= 11 is 0. The zero-order valence-electron chi connectivity index (χ0n) is 11.1. The molecule has 1 saturated carbocycles. The predicted molar refractivity (Wildman–Crippen MR) is 69.1 cm³/mol. The fourth-order valence-corrected chi connectivity index (χ4v) is 3.10. The molecule has 3 nitrogen and oxygen atoms in total. The third-order valence-corrected chi connectivity index (χ3v) is 4.52. The summed E-state index contributed by atoms with van der Waals surface area (Å²) in [5, 5.41) is 9.51. The van der Waals surface area contributed by atoms with Crippen LogP contribution in [0.25, 0.3) is 0 Å². The van der Waals surface area contributed by atoms with Crippen LogP contribution in [0.4, 0.5) is 0 Å². The van der Waals surface area contributed by atoms with Crippen molar-refractivity contribution in [3.05, 3.63) is 0 Å². The van der Waals surface area contributed by atoms with Gasteiger partial charge in [-0.05, 0) is 64.5 Å². The summed E-state index contributed by atoms with van der Waals surface area (Å²) in [6.45, 7) is 3.14. The van der Waals surface area contributed by atoms with E-state index in [9.17, 15) is 5.11 Å². The largest absolute Gasteiger partial charge is 0.393 e. The minimum absolute atomic E-state index is 0.0323. The van der Waals surface area contributed by atoms with Crippen molar-refractivity contribution >= 4 is 0 Å². The lowest BCUT2D eigenvalue weighted by molar-refractivity contribution is 0.0532. The number of hydrogen-bond acceptors (Lipinski definition) is 3. The van der Waals surface area contributed by atoms with Gasteiger partial charge < -0.3 is 14.7 Å². The van der Waals surface area contributed by atoms with Crippen molar-refractivity contribution in [1.82, 2.24) is 4.90 Å². The fraction of sp³-hybridized carbons (Fsp3) is 1.00. The van der Waals surface area contributed by atoms with Crippen molar-refractivity contribution < 1.29 is 9.84 Å². The van der Waals surface area contributed by atoms with E-state index in [1.165, 1.54) is 38.6 Å². The standard InChI is InChI=1S/C14H27NO2/c1-15(13-2-4-14(16)5-3-13)9-6-12-7-10-17-11-8-12/h12-14,16H,2-11H2,1H3. The molecule has 1 N–H and O–H groups in total. The SMILES string of the molecule is CN(CCC1CCOCC1)C1CCC(O)CC1. The summed E-state index contributed by atoms with van der Waals surface area (Å²) in [6, 6.07) is 0.707. The van der Waals surface area contributed by atoms with E-state index in [0.29, 0.717) is 6.04 Å².